The highest BCUT2D eigenvalue weighted by molar-refractivity contribution is 7.93. The lowest BCUT2D eigenvalue weighted by Crippen LogP contribution is -2.48. The molecular formula is C26H30N4O4S. The number of allylic oxidation sites excluding steroid dienone is 3. The van der Waals surface area contributed by atoms with Gasteiger partial charge < -0.3 is 9.72 Å². The number of aromatic nitrogens is 4. The maximum Gasteiger partial charge on any atom is 0.330 e. The highest BCUT2D eigenvalue weighted by Crippen LogP contribution is 2.49. The van der Waals surface area contributed by atoms with Crippen molar-refractivity contribution in [1.82, 2.24) is 19.4 Å². The Morgan fingerprint density at radius 2 is 2.09 bits per heavy atom. The topological polar surface area (TPSA) is 106 Å². The third-order valence-corrected chi connectivity index (χ3v) is 9.93. The van der Waals surface area contributed by atoms with Crippen LogP contribution >= 0.6 is 0 Å². The number of fused-ring (bicyclic) bond motifs is 3. The van der Waals surface area contributed by atoms with Crippen LogP contribution in [0.2, 0.25) is 0 Å². The zero-order valence-corrected chi connectivity index (χ0v) is 20.8. The van der Waals surface area contributed by atoms with Crippen molar-refractivity contribution in [2.24, 2.45) is 5.92 Å². The first kappa shape index (κ1) is 23.5. The van der Waals surface area contributed by atoms with Gasteiger partial charge in [-0.2, -0.15) is 0 Å². The highest BCUT2D eigenvalue weighted by Gasteiger charge is 2.53. The van der Waals surface area contributed by atoms with E-state index >= 15 is 0 Å². The summed E-state index contributed by atoms with van der Waals surface area (Å²) >= 11 is 0. The molecule has 5 rings (SSSR count). The van der Waals surface area contributed by atoms with Gasteiger partial charge in [0.1, 0.15) is 4.75 Å². The van der Waals surface area contributed by atoms with Gasteiger partial charge in [0.25, 0.3) is 0 Å². The average molecular weight is 495 g/mol. The van der Waals surface area contributed by atoms with Crippen molar-refractivity contribution >= 4 is 38.6 Å². The Hall–Kier alpha value is -3.20. The first-order valence-electron chi connectivity index (χ1n) is 12.2. The lowest BCUT2D eigenvalue weighted by molar-refractivity contribution is -0.137. The molecule has 1 fully saturated rings. The fourth-order valence-corrected chi connectivity index (χ4v) is 8.17. The number of nitrogens with one attached hydrogen (secondary N) is 1. The third-order valence-electron chi connectivity index (χ3n) is 7.39. The molecule has 0 bridgehead atoms. The first-order valence-corrected chi connectivity index (χ1v) is 13.7. The standard InChI is InChI=1S/C26H30N4O4S/c1-3-34-23(31)13-12-20-22-17-28-24-21(14-16-27-24)30(22)25(29-20)35(32,33)26(15-8-7-9-18(26)2)19-10-5-4-6-11-19/h7-9,12-14,16-17,19,27H,3-6,10-11,15H2,1-2H3/b13-12+. The molecule has 3 aromatic rings. The minimum absolute atomic E-state index is 0.0110. The number of H-pyrrole nitrogens is 1. The lowest BCUT2D eigenvalue weighted by atomic mass is 9.73. The van der Waals surface area contributed by atoms with Crippen molar-refractivity contribution in [3.63, 3.8) is 0 Å². The van der Waals surface area contributed by atoms with E-state index in [-0.39, 0.29) is 17.7 Å². The maximum atomic E-state index is 14.7. The van der Waals surface area contributed by atoms with Gasteiger partial charge in [-0.05, 0) is 51.2 Å². The second-order valence-electron chi connectivity index (χ2n) is 9.27. The van der Waals surface area contributed by atoms with Crippen molar-refractivity contribution in [3.8, 4) is 0 Å². The number of rotatable bonds is 6. The fourth-order valence-electron chi connectivity index (χ4n) is 5.71. The minimum Gasteiger partial charge on any atom is -0.463 e. The summed E-state index contributed by atoms with van der Waals surface area (Å²) in [4.78, 5) is 24.1. The van der Waals surface area contributed by atoms with E-state index in [9.17, 15) is 13.2 Å². The highest BCUT2D eigenvalue weighted by atomic mass is 32.2. The largest absolute Gasteiger partial charge is 0.463 e. The normalized spacial score (nSPS) is 21.7. The SMILES string of the molecule is CCOC(=O)/C=C/c1nc(S(=O)(=O)C2(C3CCCCC3)CC=CC=C2C)n2c1cnc1[nH]ccc12. The summed E-state index contributed by atoms with van der Waals surface area (Å²) in [5, 5.41) is -0.0170. The number of carbonyl (C=O) groups is 1. The van der Waals surface area contributed by atoms with E-state index in [0.29, 0.717) is 28.8 Å². The van der Waals surface area contributed by atoms with Crippen LogP contribution in [0.5, 0.6) is 0 Å². The number of imidazole rings is 1. The summed E-state index contributed by atoms with van der Waals surface area (Å²) in [5.74, 6) is -0.500. The Morgan fingerprint density at radius 3 is 2.83 bits per heavy atom. The summed E-state index contributed by atoms with van der Waals surface area (Å²) in [6.45, 7) is 3.91. The molecule has 1 atom stereocenters. The number of ether oxygens (including phenoxy) is 1. The van der Waals surface area contributed by atoms with E-state index in [0.717, 1.165) is 37.7 Å². The van der Waals surface area contributed by atoms with E-state index in [1.54, 1.807) is 29.8 Å². The van der Waals surface area contributed by atoms with Gasteiger partial charge in [0, 0.05) is 12.3 Å². The number of nitrogens with zero attached hydrogens (tertiary/aromatic N) is 3. The summed E-state index contributed by atoms with van der Waals surface area (Å²) in [6, 6.07) is 1.80. The Labute approximate surface area is 204 Å². The smallest absolute Gasteiger partial charge is 0.330 e. The van der Waals surface area contributed by atoms with Gasteiger partial charge in [0.2, 0.25) is 15.0 Å². The Kier molecular flexibility index (Phi) is 6.13. The summed E-state index contributed by atoms with van der Waals surface area (Å²) in [5.41, 5.74) is 2.92. The Morgan fingerprint density at radius 1 is 1.29 bits per heavy atom. The zero-order valence-electron chi connectivity index (χ0n) is 20.0. The van der Waals surface area contributed by atoms with Crippen LogP contribution in [0.25, 0.3) is 22.8 Å². The van der Waals surface area contributed by atoms with Crippen molar-refractivity contribution in [1.29, 1.82) is 0 Å². The Bertz CT molecular complexity index is 1470. The molecule has 9 heteroatoms. The van der Waals surface area contributed by atoms with Crippen molar-refractivity contribution < 1.29 is 17.9 Å². The molecular weight excluding hydrogens is 464 g/mol. The van der Waals surface area contributed by atoms with E-state index < -0.39 is 20.6 Å². The molecule has 8 nitrogen and oxygen atoms in total. The van der Waals surface area contributed by atoms with E-state index in [4.69, 9.17) is 4.74 Å². The van der Waals surface area contributed by atoms with Crippen LogP contribution in [-0.2, 0) is 19.4 Å². The van der Waals surface area contributed by atoms with Crippen LogP contribution in [0.4, 0.5) is 0 Å². The number of sulfone groups is 1. The quantitative estimate of drug-likeness (QED) is 0.390. The molecule has 0 radical (unpaired) electrons. The number of hydrogen-bond donors (Lipinski definition) is 1. The minimum atomic E-state index is -3.96. The molecule has 0 amide bonds. The molecule has 0 spiro atoms. The lowest BCUT2D eigenvalue weighted by Gasteiger charge is -2.43. The van der Waals surface area contributed by atoms with E-state index in [2.05, 4.69) is 15.0 Å². The van der Waals surface area contributed by atoms with Crippen LogP contribution in [-0.4, -0.2) is 45.1 Å². The number of aromatic amines is 1. The molecule has 3 aromatic heterocycles. The fraction of sp³-hybridized carbons (Fsp3) is 0.423. The summed E-state index contributed by atoms with van der Waals surface area (Å²) in [7, 11) is -3.96. The molecule has 1 N–H and O–H groups in total. The van der Waals surface area contributed by atoms with E-state index in [1.807, 2.05) is 25.2 Å². The van der Waals surface area contributed by atoms with Gasteiger partial charge in [-0.3, -0.25) is 4.40 Å². The van der Waals surface area contributed by atoms with E-state index in [1.165, 1.54) is 12.2 Å². The molecule has 3 heterocycles. The second kappa shape index (κ2) is 9.11. The maximum absolute atomic E-state index is 14.7. The summed E-state index contributed by atoms with van der Waals surface area (Å²) < 4.78 is 35.1. The van der Waals surface area contributed by atoms with Gasteiger partial charge in [0.05, 0.1) is 29.5 Å². The van der Waals surface area contributed by atoms with Gasteiger partial charge >= 0.3 is 5.97 Å². The van der Waals surface area contributed by atoms with Crippen LogP contribution in [0.3, 0.4) is 0 Å². The molecule has 1 saturated carbocycles. The zero-order chi connectivity index (χ0) is 24.6. The van der Waals surface area contributed by atoms with Crippen molar-refractivity contribution in [2.45, 2.75) is 62.3 Å². The molecule has 0 aliphatic heterocycles. The number of carbonyl (C=O) groups excluding carboxylic acids is 1. The van der Waals surface area contributed by atoms with Gasteiger partial charge in [-0.15, -0.1) is 0 Å². The molecule has 184 valence electrons. The molecule has 35 heavy (non-hydrogen) atoms. The first-order chi connectivity index (χ1) is 16.9. The molecule has 2 aliphatic carbocycles. The summed E-state index contributed by atoms with van der Waals surface area (Å²) in [6.07, 6.45) is 17.3. The number of esters is 1. The van der Waals surface area contributed by atoms with Crippen LogP contribution in [0.15, 0.2) is 53.5 Å². The van der Waals surface area contributed by atoms with Crippen molar-refractivity contribution in [2.75, 3.05) is 6.61 Å². The predicted octanol–water partition coefficient (Wildman–Crippen LogP) is 4.79. The van der Waals surface area contributed by atoms with Gasteiger partial charge in [0.15, 0.2) is 5.65 Å². The van der Waals surface area contributed by atoms with Gasteiger partial charge in [-0.25, -0.2) is 23.2 Å². The average Bonchev–Trinajstić information content (AvgIpc) is 3.48. The van der Waals surface area contributed by atoms with Crippen molar-refractivity contribution in [3.05, 3.63) is 54.0 Å². The monoisotopic (exact) mass is 494 g/mol. The van der Waals surface area contributed by atoms with Crippen LogP contribution < -0.4 is 0 Å². The molecule has 2 aliphatic rings. The van der Waals surface area contributed by atoms with Crippen LogP contribution in [0.1, 0.15) is 58.1 Å². The number of hydrogen-bond acceptors (Lipinski definition) is 6. The van der Waals surface area contributed by atoms with Crippen LogP contribution in [0, 0.1) is 5.92 Å². The third kappa shape index (κ3) is 3.73. The Balaban J connectivity index is 1.76. The molecule has 0 saturated heterocycles. The second-order valence-corrected chi connectivity index (χ2v) is 11.4. The molecule has 0 aromatic carbocycles. The molecule has 1 unspecified atom stereocenters. The predicted molar refractivity (Wildman–Crippen MR) is 135 cm³/mol. The van der Waals surface area contributed by atoms with Gasteiger partial charge in [-0.1, -0.05) is 43.1 Å².